The molecular weight excluding hydrogens is 356 g/mol. The van der Waals surface area contributed by atoms with Crippen LogP contribution in [0, 0.1) is 0 Å². The summed E-state index contributed by atoms with van der Waals surface area (Å²) in [6.07, 6.45) is -5.45. The van der Waals surface area contributed by atoms with Crippen LogP contribution in [0.15, 0.2) is 0 Å². The van der Waals surface area contributed by atoms with Gasteiger partial charge < -0.3 is 4.74 Å². The number of ether oxygens (including phenoxy) is 1. The van der Waals surface area contributed by atoms with Gasteiger partial charge in [0.15, 0.2) is 0 Å². The molecule has 1 atom stereocenters. The Kier molecular flexibility index (Phi) is 4.38. The van der Waals surface area contributed by atoms with Gasteiger partial charge in [0.1, 0.15) is 4.61 Å². The zero-order chi connectivity index (χ0) is 12.5. The Morgan fingerprint density at radius 1 is 1.47 bits per heavy atom. The molecular formula is C5H6F3IO5S. The van der Waals surface area contributed by atoms with Gasteiger partial charge >= 0.3 is 12.1 Å². The highest BCUT2D eigenvalue weighted by Gasteiger charge is 2.67. The Hall–Kier alpha value is -0.100. The minimum absolute atomic E-state index is 0.0387. The Morgan fingerprint density at radius 3 is 2.07 bits per heavy atom. The summed E-state index contributed by atoms with van der Waals surface area (Å²) in [6.45, 7) is 0.0387. The third-order valence-electron chi connectivity index (χ3n) is 1.63. The van der Waals surface area contributed by atoms with Gasteiger partial charge in [-0.3, -0.25) is 4.55 Å². The summed E-state index contributed by atoms with van der Waals surface area (Å²) in [5.74, 6) is -2.06. The summed E-state index contributed by atoms with van der Waals surface area (Å²) in [6, 6.07) is 0. The lowest BCUT2D eigenvalue weighted by molar-refractivity contribution is -0.184. The molecule has 0 bridgehead atoms. The summed E-state index contributed by atoms with van der Waals surface area (Å²) >= 11 is 1.41. The highest BCUT2D eigenvalue weighted by atomic mass is 127. The molecule has 0 rings (SSSR count). The first-order valence-corrected chi connectivity index (χ1v) is 6.22. The molecule has 0 saturated heterocycles. The number of hydrogen-bond acceptors (Lipinski definition) is 4. The molecule has 1 unspecified atom stereocenters. The second kappa shape index (κ2) is 4.41. The van der Waals surface area contributed by atoms with Crippen molar-refractivity contribution >= 4 is 38.7 Å². The Balaban J connectivity index is 5.54. The van der Waals surface area contributed by atoms with Crippen LogP contribution in [0.2, 0.25) is 0 Å². The molecule has 0 saturated carbocycles. The highest BCUT2D eigenvalue weighted by Crippen LogP contribution is 2.37. The molecule has 5 nitrogen and oxygen atoms in total. The molecule has 0 aliphatic rings. The largest absolute Gasteiger partial charge is 0.454 e. The van der Waals surface area contributed by atoms with Gasteiger partial charge in [-0.15, -0.1) is 0 Å². The lowest BCUT2D eigenvalue weighted by atomic mass is 10.1. The first kappa shape index (κ1) is 14.9. The van der Waals surface area contributed by atoms with Gasteiger partial charge in [0.25, 0.3) is 14.9 Å². The first-order valence-electron chi connectivity index (χ1n) is 3.25. The predicted molar refractivity (Wildman–Crippen MR) is 51.0 cm³/mol. The van der Waals surface area contributed by atoms with Crippen LogP contribution in [0.1, 0.15) is 6.92 Å². The van der Waals surface area contributed by atoms with Crippen molar-refractivity contribution in [3.63, 3.8) is 0 Å². The molecule has 1 N–H and O–H groups in total. The molecule has 0 aromatic heterocycles. The fraction of sp³-hybridized carbons (Fsp3) is 0.800. The van der Waals surface area contributed by atoms with Crippen LogP contribution >= 0.6 is 22.6 Å². The van der Waals surface area contributed by atoms with E-state index in [4.69, 9.17) is 4.55 Å². The molecule has 0 heterocycles. The van der Waals surface area contributed by atoms with Crippen LogP contribution in [0.25, 0.3) is 0 Å². The van der Waals surface area contributed by atoms with Crippen molar-refractivity contribution in [3.8, 4) is 0 Å². The minimum atomic E-state index is -5.65. The quantitative estimate of drug-likeness (QED) is 0.352. The molecule has 0 aliphatic heterocycles. The second-order valence-corrected chi connectivity index (χ2v) is 4.94. The van der Waals surface area contributed by atoms with Gasteiger partial charge in [-0.05, 0) is 29.5 Å². The highest BCUT2D eigenvalue weighted by molar-refractivity contribution is 14.1. The van der Waals surface area contributed by atoms with Crippen molar-refractivity contribution in [1.82, 2.24) is 0 Å². The van der Waals surface area contributed by atoms with Crippen molar-refractivity contribution in [2.24, 2.45) is 0 Å². The maximum absolute atomic E-state index is 12.3. The molecule has 0 aromatic carbocycles. The molecule has 90 valence electrons. The van der Waals surface area contributed by atoms with E-state index in [-0.39, 0.29) is 6.92 Å². The summed E-state index contributed by atoms with van der Waals surface area (Å²) in [7, 11) is -5.65. The number of rotatable bonds is 3. The molecule has 0 spiro atoms. The van der Waals surface area contributed by atoms with Crippen LogP contribution in [-0.4, -0.2) is 34.5 Å². The number of carbonyl (C=O) groups is 1. The number of alkyl halides is 4. The fourth-order valence-corrected chi connectivity index (χ4v) is 1.40. The number of carbonyl (C=O) groups excluding carboxylic acids is 1. The number of esters is 1. The van der Waals surface area contributed by atoms with E-state index in [0.29, 0.717) is 0 Å². The van der Waals surface area contributed by atoms with Crippen molar-refractivity contribution in [1.29, 1.82) is 0 Å². The molecule has 0 amide bonds. The molecule has 0 radical (unpaired) electrons. The smallest absolute Gasteiger partial charge is 0.421 e. The number of hydrogen-bond donors (Lipinski definition) is 1. The van der Waals surface area contributed by atoms with Crippen LogP contribution in [-0.2, 0) is 19.6 Å². The average Bonchev–Trinajstić information content (AvgIpc) is 1.99. The van der Waals surface area contributed by atoms with Gasteiger partial charge in [-0.25, -0.2) is 4.79 Å². The summed E-state index contributed by atoms with van der Waals surface area (Å²) in [5.41, 5.74) is 0. The van der Waals surface area contributed by atoms with E-state index in [1.807, 2.05) is 0 Å². The SMILES string of the molecule is CC(C(=O)OCI)(C(F)(F)F)S(=O)(=O)O. The first-order chi connectivity index (χ1) is 6.48. The van der Waals surface area contributed by atoms with E-state index in [9.17, 15) is 26.4 Å². The lowest BCUT2D eigenvalue weighted by Gasteiger charge is -2.25. The summed E-state index contributed by atoms with van der Waals surface area (Å²) < 4.78 is 66.0. The van der Waals surface area contributed by atoms with Crippen molar-refractivity contribution in [2.75, 3.05) is 4.61 Å². The predicted octanol–water partition coefficient (Wildman–Crippen LogP) is 1.13. The van der Waals surface area contributed by atoms with Gasteiger partial charge in [0, 0.05) is 0 Å². The molecule has 0 fully saturated rings. The van der Waals surface area contributed by atoms with E-state index < -0.39 is 31.6 Å². The normalized spacial score (nSPS) is 16.9. The van der Waals surface area contributed by atoms with E-state index in [1.165, 1.54) is 22.6 Å². The van der Waals surface area contributed by atoms with Gasteiger partial charge in [0.2, 0.25) is 0 Å². The van der Waals surface area contributed by atoms with Gasteiger partial charge in [-0.1, -0.05) is 0 Å². The van der Waals surface area contributed by atoms with Crippen molar-refractivity contribution < 1.29 is 35.7 Å². The van der Waals surface area contributed by atoms with E-state index in [2.05, 4.69) is 4.74 Å². The van der Waals surface area contributed by atoms with Crippen LogP contribution in [0.3, 0.4) is 0 Å². The zero-order valence-corrected chi connectivity index (χ0v) is 10.2. The Bertz CT molecular complexity index is 350. The fourth-order valence-electron chi connectivity index (χ4n) is 0.555. The van der Waals surface area contributed by atoms with E-state index in [1.54, 1.807) is 0 Å². The molecule has 10 heteroatoms. The second-order valence-electron chi connectivity index (χ2n) is 2.55. The minimum Gasteiger partial charge on any atom is -0.454 e. The third-order valence-corrected chi connectivity index (χ3v) is 3.37. The van der Waals surface area contributed by atoms with Gasteiger partial charge in [0.05, 0.1) is 0 Å². The monoisotopic (exact) mass is 362 g/mol. The van der Waals surface area contributed by atoms with E-state index >= 15 is 0 Å². The zero-order valence-electron chi connectivity index (χ0n) is 7.21. The van der Waals surface area contributed by atoms with Crippen LogP contribution in [0.5, 0.6) is 0 Å². The summed E-state index contributed by atoms with van der Waals surface area (Å²) in [5, 5.41) is 0. The Morgan fingerprint density at radius 2 is 1.87 bits per heavy atom. The van der Waals surface area contributed by atoms with E-state index in [0.717, 1.165) is 0 Å². The summed E-state index contributed by atoms with van der Waals surface area (Å²) in [4.78, 5) is 10.9. The molecule has 0 aliphatic carbocycles. The van der Waals surface area contributed by atoms with Crippen LogP contribution in [0.4, 0.5) is 13.2 Å². The Labute approximate surface area is 96.9 Å². The maximum Gasteiger partial charge on any atom is 0.421 e. The topological polar surface area (TPSA) is 80.7 Å². The molecule has 15 heavy (non-hydrogen) atoms. The average molecular weight is 362 g/mol. The van der Waals surface area contributed by atoms with Crippen molar-refractivity contribution in [3.05, 3.63) is 0 Å². The standard InChI is InChI=1S/C5H6F3IO5S/c1-4(5(6,7)8,15(11,12)13)3(10)14-2-9/h2H2,1H3,(H,11,12,13). The van der Waals surface area contributed by atoms with Crippen molar-refractivity contribution in [2.45, 2.75) is 17.8 Å². The van der Waals surface area contributed by atoms with Gasteiger partial charge in [-0.2, -0.15) is 21.6 Å². The third kappa shape index (κ3) is 2.72. The molecule has 0 aromatic rings. The number of halogens is 4. The lowest BCUT2D eigenvalue weighted by Crippen LogP contribution is -2.56. The maximum atomic E-state index is 12.3. The van der Waals surface area contributed by atoms with Crippen LogP contribution < -0.4 is 0 Å².